The molecule has 0 saturated carbocycles. The third-order valence-electron chi connectivity index (χ3n) is 4.24. The summed E-state index contributed by atoms with van der Waals surface area (Å²) in [5.41, 5.74) is 5.52. The first-order chi connectivity index (χ1) is 14.0. The Hall–Kier alpha value is -2.65. The fraction of sp³-hybridized carbons (Fsp3) is 0.300. The molecule has 0 aliphatic carbocycles. The minimum Gasteiger partial charge on any atom is -0.360 e. The Labute approximate surface area is 177 Å². The number of nitrogens with zero attached hydrogens (tertiary/aromatic N) is 3. The molecule has 9 heteroatoms. The zero-order valence-electron chi connectivity index (χ0n) is 16.6. The maximum atomic E-state index is 12.7. The number of ketones is 1. The number of Topliss-reactive ketones (excluding diaryl/α,β-unsaturated/α-hetero) is 1. The van der Waals surface area contributed by atoms with Gasteiger partial charge in [0, 0.05) is 29.1 Å². The molecule has 7 nitrogen and oxygen atoms in total. The van der Waals surface area contributed by atoms with Gasteiger partial charge in [0.1, 0.15) is 0 Å². The second-order valence-electron chi connectivity index (χ2n) is 6.44. The van der Waals surface area contributed by atoms with Crippen molar-refractivity contribution < 1.29 is 9.59 Å². The summed E-state index contributed by atoms with van der Waals surface area (Å²) in [6.45, 7) is 6.62. The maximum Gasteiger partial charge on any atom is 0.270 e. The van der Waals surface area contributed by atoms with E-state index in [1.807, 2.05) is 32.0 Å². The Morgan fingerprint density at radius 2 is 1.93 bits per heavy atom. The summed E-state index contributed by atoms with van der Waals surface area (Å²) >= 11 is 2.81. The molecule has 1 amide bonds. The molecule has 0 aliphatic heterocycles. The fourth-order valence-electron chi connectivity index (χ4n) is 2.75. The summed E-state index contributed by atoms with van der Waals surface area (Å²) in [4.78, 5) is 25.2. The highest BCUT2D eigenvalue weighted by Gasteiger charge is 2.18. The highest BCUT2D eigenvalue weighted by molar-refractivity contribution is 8.01. The summed E-state index contributed by atoms with van der Waals surface area (Å²) in [5.74, 6) is 0.0302. The van der Waals surface area contributed by atoms with Gasteiger partial charge in [-0.3, -0.25) is 19.7 Å². The Morgan fingerprint density at radius 1 is 1.17 bits per heavy atom. The molecule has 0 saturated heterocycles. The molecule has 29 heavy (non-hydrogen) atoms. The van der Waals surface area contributed by atoms with Gasteiger partial charge in [-0.15, -0.1) is 10.2 Å². The molecule has 0 bridgehead atoms. The van der Waals surface area contributed by atoms with Gasteiger partial charge in [-0.2, -0.15) is 0 Å². The first-order valence-electron chi connectivity index (χ1n) is 9.28. The van der Waals surface area contributed by atoms with Crippen molar-refractivity contribution in [2.75, 3.05) is 23.0 Å². The van der Waals surface area contributed by atoms with Gasteiger partial charge in [0.2, 0.25) is 5.13 Å². The summed E-state index contributed by atoms with van der Waals surface area (Å²) in [7, 11) is 0. The topological polar surface area (TPSA) is 88.9 Å². The monoisotopic (exact) mass is 429 g/mol. The second-order valence-corrected chi connectivity index (χ2v) is 8.64. The number of aryl methyl sites for hydroxylation is 1. The third-order valence-corrected chi connectivity index (χ3v) is 6.25. The summed E-state index contributed by atoms with van der Waals surface area (Å²) in [5, 5.41) is 12.1. The van der Waals surface area contributed by atoms with Gasteiger partial charge in [0.05, 0.1) is 5.75 Å². The lowest BCUT2D eigenvalue weighted by atomic mass is 10.2. The van der Waals surface area contributed by atoms with Crippen LogP contribution in [0.15, 0.2) is 40.7 Å². The van der Waals surface area contributed by atoms with Gasteiger partial charge in [-0.05, 0) is 38.5 Å². The van der Waals surface area contributed by atoms with Gasteiger partial charge in [0.15, 0.2) is 10.1 Å². The zero-order valence-corrected chi connectivity index (χ0v) is 18.2. The van der Waals surface area contributed by atoms with Crippen molar-refractivity contribution in [2.45, 2.75) is 31.5 Å². The molecular formula is C20H23N5O2S2. The number of thioether (sulfide) groups is 1. The van der Waals surface area contributed by atoms with Crippen LogP contribution in [0.25, 0.3) is 0 Å². The Bertz CT molecular complexity index is 998. The number of hydrogen-bond acceptors (Lipinski definition) is 7. The summed E-state index contributed by atoms with van der Waals surface area (Å²) in [6.07, 6.45) is 1.01. The number of hydrogen-bond donors (Lipinski definition) is 2. The number of carbonyl (C=O) groups is 2. The molecular weight excluding hydrogens is 406 g/mol. The van der Waals surface area contributed by atoms with E-state index >= 15 is 0 Å². The first-order valence-corrected chi connectivity index (χ1v) is 11.1. The fourth-order valence-corrected chi connectivity index (χ4v) is 4.41. The average Bonchev–Trinajstić information content (AvgIpc) is 3.30. The number of anilines is 1. The number of aromatic nitrogens is 3. The van der Waals surface area contributed by atoms with Gasteiger partial charge in [-0.25, -0.2) is 0 Å². The molecule has 0 unspecified atom stereocenters. The molecule has 152 valence electrons. The van der Waals surface area contributed by atoms with Crippen LogP contribution in [0.4, 0.5) is 5.13 Å². The molecule has 0 atom stereocenters. The SMILES string of the molecule is CCCNc1nnc(SCC(=O)c2cc(C)n(NC(=O)c3ccccc3)c2C)s1. The van der Waals surface area contributed by atoms with E-state index in [1.165, 1.54) is 23.1 Å². The van der Waals surface area contributed by atoms with Crippen molar-refractivity contribution in [3.63, 3.8) is 0 Å². The number of nitrogens with one attached hydrogen (secondary N) is 2. The molecule has 2 heterocycles. The molecule has 3 aromatic rings. The molecule has 2 N–H and O–H groups in total. The minimum atomic E-state index is -0.221. The van der Waals surface area contributed by atoms with E-state index < -0.39 is 0 Å². The van der Waals surface area contributed by atoms with Crippen molar-refractivity contribution in [1.29, 1.82) is 0 Å². The molecule has 1 aromatic carbocycles. The standard InChI is InChI=1S/C20H23N5O2S2/c1-4-10-21-19-22-23-20(29-19)28-12-17(26)16-11-13(2)25(14(16)3)24-18(27)15-8-6-5-7-9-15/h5-9,11H,4,10,12H2,1-3H3,(H,21,22)(H,24,27). The molecule has 0 fully saturated rings. The third kappa shape index (κ3) is 5.24. The van der Waals surface area contributed by atoms with Crippen LogP contribution in [-0.4, -0.2) is 38.9 Å². The van der Waals surface area contributed by atoms with Crippen molar-refractivity contribution >= 4 is 39.9 Å². The normalized spacial score (nSPS) is 10.7. The largest absolute Gasteiger partial charge is 0.360 e. The molecule has 0 spiro atoms. The maximum absolute atomic E-state index is 12.7. The average molecular weight is 430 g/mol. The van der Waals surface area contributed by atoms with Crippen molar-refractivity contribution in [1.82, 2.24) is 14.9 Å². The molecule has 3 rings (SSSR count). The van der Waals surface area contributed by atoms with Crippen LogP contribution in [0.2, 0.25) is 0 Å². The Morgan fingerprint density at radius 3 is 2.66 bits per heavy atom. The quantitative estimate of drug-likeness (QED) is 0.393. The molecule has 2 aromatic heterocycles. The predicted molar refractivity (Wildman–Crippen MR) is 118 cm³/mol. The van der Waals surface area contributed by atoms with E-state index in [9.17, 15) is 9.59 Å². The lowest BCUT2D eigenvalue weighted by Gasteiger charge is -2.11. The minimum absolute atomic E-state index is 0.0124. The van der Waals surface area contributed by atoms with Gasteiger partial charge in [-0.1, -0.05) is 48.2 Å². The van der Waals surface area contributed by atoms with Crippen LogP contribution >= 0.6 is 23.1 Å². The predicted octanol–water partition coefficient (Wildman–Crippen LogP) is 4.14. The Kier molecular flexibility index (Phi) is 7.05. The molecule has 0 radical (unpaired) electrons. The van der Waals surface area contributed by atoms with E-state index in [4.69, 9.17) is 0 Å². The van der Waals surface area contributed by atoms with Gasteiger partial charge in [0.25, 0.3) is 5.91 Å². The molecule has 0 aliphatic rings. The lowest BCUT2D eigenvalue weighted by Crippen LogP contribution is -2.25. The van der Waals surface area contributed by atoms with E-state index in [0.717, 1.165) is 28.1 Å². The van der Waals surface area contributed by atoms with Gasteiger partial charge >= 0.3 is 0 Å². The van der Waals surface area contributed by atoms with Crippen molar-refractivity contribution in [3.05, 3.63) is 58.9 Å². The van der Waals surface area contributed by atoms with Crippen LogP contribution in [0.5, 0.6) is 0 Å². The van der Waals surface area contributed by atoms with E-state index in [-0.39, 0.29) is 17.4 Å². The second kappa shape index (κ2) is 9.71. The van der Waals surface area contributed by atoms with Crippen molar-refractivity contribution in [3.8, 4) is 0 Å². The zero-order chi connectivity index (χ0) is 20.8. The van der Waals surface area contributed by atoms with E-state index in [2.05, 4.69) is 27.9 Å². The first kappa shape index (κ1) is 21.1. The van der Waals surface area contributed by atoms with Crippen LogP contribution in [0, 0.1) is 13.8 Å². The van der Waals surface area contributed by atoms with Crippen LogP contribution in [0.3, 0.4) is 0 Å². The Balaban J connectivity index is 1.65. The van der Waals surface area contributed by atoms with Crippen LogP contribution in [0.1, 0.15) is 45.4 Å². The lowest BCUT2D eigenvalue weighted by molar-refractivity contribution is 0.0999. The highest BCUT2D eigenvalue weighted by Crippen LogP contribution is 2.27. The summed E-state index contributed by atoms with van der Waals surface area (Å²) < 4.78 is 2.41. The van der Waals surface area contributed by atoms with Crippen LogP contribution in [-0.2, 0) is 0 Å². The van der Waals surface area contributed by atoms with E-state index in [0.29, 0.717) is 16.8 Å². The van der Waals surface area contributed by atoms with Gasteiger partial charge < -0.3 is 5.32 Å². The highest BCUT2D eigenvalue weighted by atomic mass is 32.2. The number of amides is 1. The number of rotatable bonds is 9. The van der Waals surface area contributed by atoms with Crippen LogP contribution < -0.4 is 10.7 Å². The van der Waals surface area contributed by atoms with Crippen molar-refractivity contribution in [2.24, 2.45) is 0 Å². The summed E-state index contributed by atoms with van der Waals surface area (Å²) in [6, 6.07) is 10.8. The smallest absolute Gasteiger partial charge is 0.270 e. The van der Waals surface area contributed by atoms with E-state index in [1.54, 1.807) is 22.9 Å². The number of benzene rings is 1. The number of carbonyl (C=O) groups excluding carboxylic acids is 2.